The lowest BCUT2D eigenvalue weighted by Gasteiger charge is -2.18. The van der Waals surface area contributed by atoms with Gasteiger partial charge >= 0.3 is 16.4 Å². The molecule has 0 rings (SSSR count). The lowest BCUT2D eigenvalue weighted by Crippen LogP contribution is -2.44. The number of rotatable bonds is 3. The van der Waals surface area contributed by atoms with Gasteiger partial charge in [-0.2, -0.15) is 8.42 Å². The molecule has 1 unspecified atom stereocenters. The lowest BCUT2D eigenvalue weighted by atomic mass is 10.5. The highest BCUT2D eigenvalue weighted by atomic mass is 32.3. The molecule has 0 spiro atoms. The first-order valence-electron chi connectivity index (χ1n) is 2.14. The minimum atomic E-state index is -5.04. The SMILES string of the molecule is O=S(=O)(O)OC(O)C(O)(O)O. The van der Waals surface area contributed by atoms with E-state index in [9.17, 15) is 8.42 Å². The molecule has 68 valence electrons. The minimum absolute atomic E-state index is 2.86. The highest BCUT2D eigenvalue weighted by Crippen LogP contribution is 2.05. The van der Waals surface area contributed by atoms with Gasteiger partial charge in [0.2, 0.25) is 0 Å². The maximum atomic E-state index is 9.73. The summed E-state index contributed by atoms with van der Waals surface area (Å²) in [5.41, 5.74) is 0. The van der Waals surface area contributed by atoms with Gasteiger partial charge in [-0.25, -0.2) is 4.18 Å². The van der Waals surface area contributed by atoms with Crippen LogP contribution in [0.5, 0.6) is 0 Å². The normalized spacial score (nSPS) is 16.5. The summed E-state index contributed by atoms with van der Waals surface area (Å²) in [5.74, 6) is -3.74. The maximum Gasteiger partial charge on any atom is 0.400 e. The van der Waals surface area contributed by atoms with Crippen molar-refractivity contribution in [2.24, 2.45) is 0 Å². The Bertz CT molecular complexity index is 209. The van der Waals surface area contributed by atoms with Crippen LogP contribution in [0.2, 0.25) is 0 Å². The zero-order valence-corrected chi connectivity index (χ0v) is 5.76. The molecule has 0 aromatic heterocycles. The summed E-state index contributed by atoms with van der Waals surface area (Å²) in [4.78, 5) is 0. The topological polar surface area (TPSA) is 145 Å². The summed E-state index contributed by atoms with van der Waals surface area (Å²) in [7, 11) is -5.04. The zero-order valence-electron chi connectivity index (χ0n) is 4.95. The van der Waals surface area contributed by atoms with Crippen molar-refractivity contribution < 1.29 is 37.6 Å². The molecule has 0 radical (unpaired) electrons. The second-order valence-electron chi connectivity index (χ2n) is 1.56. The van der Waals surface area contributed by atoms with E-state index in [1.165, 1.54) is 0 Å². The second kappa shape index (κ2) is 2.98. The van der Waals surface area contributed by atoms with Crippen LogP contribution >= 0.6 is 0 Å². The van der Waals surface area contributed by atoms with E-state index in [1.807, 2.05) is 0 Å². The van der Waals surface area contributed by atoms with E-state index in [4.69, 9.17) is 25.0 Å². The summed E-state index contributed by atoms with van der Waals surface area (Å²) >= 11 is 0. The van der Waals surface area contributed by atoms with Crippen molar-refractivity contribution in [3.05, 3.63) is 0 Å². The van der Waals surface area contributed by atoms with Crippen molar-refractivity contribution in [1.82, 2.24) is 0 Å². The van der Waals surface area contributed by atoms with Crippen molar-refractivity contribution in [3.63, 3.8) is 0 Å². The van der Waals surface area contributed by atoms with Gasteiger partial charge in [0.1, 0.15) is 0 Å². The van der Waals surface area contributed by atoms with Gasteiger partial charge in [0, 0.05) is 0 Å². The minimum Gasteiger partial charge on any atom is -0.361 e. The number of aliphatic hydroxyl groups excluding tert-OH is 1. The third kappa shape index (κ3) is 5.03. The van der Waals surface area contributed by atoms with E-state index in [0.29, 0.717) is 0 Å². The quantitative estimate of drug-likeness (QED) is 0.230. The molecule has 0 aromatic carbocycles. The Hall–Kier alpha value is -0.290. The Morgan fingerprint density at radius 3 is 1.73 bits per heavy atom. The molecule has 8 nitrogen and oxygen atoms in total. The van der Waals surface area contributed by atoms with Crippen molar-refractivity contribution in [2.75, 3.05) is 0 Å². The molecule has 0 aliphatic rings. The van der Waals surface area contributed by atoms with Gasteiger partial charge in [0.25, 0.3) is 6.29 Å². The Labute approximate surface area is 61.2 Å². The van der Waals surface area contributed by atoms with Crippen LogP contribution in [0, 0.1) is 0 Å². The molecule has 0 saturated heterocycles. The monoisotopic (exact) mass is 190 g/mol. The predicted molar refractivity (Wildman–Crippen MR) is 28.0 cm³/mol. The first-order valence-corrected chi connectivity index (χ1v) is 3.50. The molecule has 0 aromatic rings. The molecule has 0 aliphatic heterocycles. The summed E-state index contributed by atoms with van der Waals surface area (Å²) < 4.78 is 30.4. The zero-order chi connectivity index (χ0) is 9.28. The van der Waals surface area contributed by atoms with Crippen molar-refractivity contribution in [1.29, 1.82) is 0 Å². The van der Waals surface area contributed by atoms with E-state index < -0.39 is 22.7 Å². The van der Waals surface area contributed by atoms with E-state index in [1.54, 1.807) is 0 Å². The van der Waals surface area contributed by atoms with Crippen LogP contribution < -0.4 is 0 Å². The highest BCUT2D eigenvalue weighted by molar-refractivity contribution is 7.80. The Balaban J connectivity index is 4.21. The molecule has 0 fully saturated rings. The Kier molecular flexibility index (Phi) is 2.91. The summed E-state index contributed by atoms with van der Waals surface area (Å²) in [6.07, 6.45) is -2.86. The summed E-state index contributed by atoms with van der Waals surface area (Å²) in [6.45, 7) is 0. The van der Waals surface area contributed by atoms with E-state index in [2.05, 4.69) is 4.18 Å². The third-order valence-corrected chi connectivity index (χ3v) is 0.970. The Morgan fingerprint density at radius 1 is 1.27 bits per heavy atom. The fraction of sp³-hybridized carbons (Fsp3) is 1.00. The van der Waals surface area contributed by atoms with Gasteiger partial charge < -0.3 is 20.4 Å². The molecular weight excluding hydrogens is 184 g/mol. The predicted octanol–water partition coefficient (Wildman–Crippen LogP) is -3.25. The Morgan fingerprint density at radius 2 is 1.64 bits per heavy atom. The smallest absolute Gasteiger partial charge is 0.361 e. The van der Waals surface area contributed by atoms with Gasteiger partial charge in [-0.05, 0) is 0 Å². The van der Waals surface area contributed by atoms with E-state index in [-0.39, 0.29) is 0 Å². The van der Waals surface area contributed by atoms with Crippen molar-refractivity contribution in [3.8, 4) is 0 Å². The fourth-order valence-corrected chi connectivity index (χ4v) is 0.539. The summed E-state index contributed by atoms with van der Waals surface area (Å²) in [5, 5.41) is 32.2. The van der Waals surface area contributed by atoms with Crippen molar-refractivity contribution in [2.45, 2.75) is 12.3 Å². The van der Waals surface area contributed by atoms with Gasteiger partial charge in [-0.15, -0.1) is 0 Å². The molecule has 1 atom stereocenters. The molecule has 11 heavy (non-hydrogen) atoms. The average molecular weight is 190 g/mol. The van der Waals surface area contributed by atoms with Crippen LogP contribution in [0.4, 0.5) is 0 Å². The van der Waals surface area contributed by atoms with Crippen LogP contribution in [0.3, 0.4) is 0 Å². The van der Waals surface area contributed by atoms with Crippen LogP contribution in [-0.4, -0.2) is 45.7 Å². The second-order valence-corrected chi connectivity index (χ2v) is 2.61. The van der Waals surface area contributed by atoms with Gasteiger partial charge in [0.15, 0.2) is 0 Å². The molecule has 9 heteroatoms. The molecule has 5 N–H and O–H groups in total. The standard InChI is InChI=1S/C2H6O8S/c3-1(2(4,5)6)10-11(7,8)9/h1,3-6H,(H,7,8,9). The molecule has 0 bridgehead atoms. The summed E-state index contributed by atoms with van der Waals surface area (Å²) in [6, 6.07) is 0. The van der Waals surface area contributed by atoms with Crippen LogP contribution in [-0.2, 0) is 14.6 Å². The molecule has 0 amide bonds. The average Bonchev–Trinajstić information content (AvgIpc) is 1.56. The molecule has 0 aliphatic carbocycles. The first-order chi connectivity index (χ1) is 4.63. The highest BCUT2D eigenvalue weighted by Gasteiger charge is 2.35. The van der Waals surface area contributed by atoms with Crippen LogP contribution in [0.25, 0.3) is 0 Å². The van der Waals surface area contributed by atoms with Crippen LogP contribution in [0.15, 0.2) is 0 Å². The lowest BCUT2D eigenvalue weighted by molar-refractivity contribution is -0.389. The van der Waals surface area contributed by atoms with Gasteiger partial charge in [0.05, 0.1) is 0 Å². The number of aliphatic hydroxyl groups is 4. The molecule has 0 saturated carbocycles. The van der Waals surface area contributed by atoms with Gasteiger partial charge in [-0.3, -0.25) is 4.55 Å². The van der Waals surface area contributed by atoms with Gasteiger partial charge in [-0.1, -0.05) is 0 Å². The van der Waals surface area contributed by atoms with E-state index in [0.717, 1.165) is 0 Å². The van der Waals surface area contributed by atoms with Crippen LogP contribution in [0.1, 0.15) is 0 Å². The first kappa shape index (κ1) is 10.7. The molecular formula is C2H6O8S. The van der Waals surface area contributed by atoms with Crippen molar-refractivity contribution >= 4 is 10.4 Å². The van der Waals surface area contributed by atoms with E-state index >= 15 is 0 Å². The maximum absolute atomic E-state index is 9.73. The number of hydrogen-bond acceptors (Lipinski definition) is 7. The molecule has 0 heterocycles. The largest absolute Gasteiger partial charge is 0.400 e. The third-order valence-electron chi connectivity index (χ3n) is 0.544. The fourth-order valence-electron chi connectivity index (χ4n) is 0.180. The number of hydrogen-bond donors (Lipinski definition) is 5.